The summed E-state index contributed by atoms with van der Waals surface area (Å²) in [5, 5.41) is 9.21. The molecule has 0 rings (SSSR count). The van der Waals surface area contributed by atoms with Crippen LogP contribution in [0.15, 0.2) is 0 Å². The number of likely N-dealkylation sites (N-methyl/N-ethyl adjacent to an activating group) is 2. The molecule has 1 N–H and O–H groups in total. The quantitative estimate of drug-likeness (QED) is 0.570. The average molecular weight is 260 g/mol. The molecule has 0 heterocycles. The van der Waals surface area contributed by atoms with E-state index in [2.05, 4.69) is 25.7 Å². The van der Waals surface area contributed by atoms with Gasteiger partial charge in [-0.15, -0.1) is 0 Å². The van der Waals surface area contributed by atoms with E-state index in [1.165, 1.54) is 0 Å². The molecule has 18 heavy (non-hydrogen) atoms. The van der Waals surface area contributed by atoms with Gasteiger partial charge in [0.1, 0.15) is 0 Å². The predicted molar refractivity (Wildman–Crippen MR) is 77.0 cm³/mol. The lowest BCUT2D eigenvalue weighted by molar-refractivity contribution is 0.0451. The van der Waals surface area contributed by atoms with Crippen LogP contribution in [0.3, 0.4) is 0 Å². The van der Waals surface area contributed by atoms with Crippen molar-refractivity contribution >= 4 is 0 Å². The lowest BCUT2D eigenvalue weighted by Gasteiger charge is -2.29. The van der Waals surface area contributed by atoms with Gasteiger partial charge in [0.05, 0.1) is 13.2 Å². The van der Waals surface area contributed by atoms with Gasteiger partial charge in [0.15, 0.2) is 0 Å². The van der Waals surface area contributed by atoms with Crippen LogP contribution in [0, 0.1) is 0 Å². The third-order valence-electron chi connectivity index (χ3n) is 3.65. The zero-order valence-corrected chi connectivity index (χ0v) is 12.9. The first-order valence-electron chi connectivity index (χ1n) is 7.19. The van der Waals surface area contributed by atoms with Crippen molar-refractivity contribution in [3.8, 4) is 0 Å². The molecule has 0 bridgehead atoms. The Kier molecular flexibility index (Phi) is 10.6. The van der Waals surface area contributed by atoms with Gasteiger partial charge in [-0.3, -0.25) is 4.90 Å². The lowest BCUT2D eigenvalue weighted by atomic mass is 10.2. The molecule has 4 heteroatoms. The maximum atomic E-state index is 9.21. The van der Waals surface area contributed by atoms with E-state index in [1.807, 2.05) is 19.0 Å². The van der Waals surface area contributed by atoms with Crippen molar-refractivity contribution in [2.75, 3.05) is 47.0 Å². The van der Waals surface area contributed by atoms with E-state index in [-0.39, 0.29) is 12.6 Å². The number of ether oxygens (including phenoxy) is 1. The van der Waals surface area contributed by atoms with Crippen LogP contribution in [-0.4, -0.2) is 74.0 Å². The number of hydrogen-bond acceptors (Lipinski definition) is 4. The van der Waals surface area contributed by atoms with Gasteiger partial charge in [-0.05, 0) is 40.0 Å². The standard InChI is InChI=1S/C14H32N2O2/c1-6-13(16(7-2)8-3)12-18-10-9-14(11-17)15(4)5/h13-14,17H,6-12H2,1-5H3. The first kappa shape index (κ1) is 17.8. The normalized spacial score (nSPS) is 15.3. The molecular weight excluding hydrogens is 228 g/mol. The molecule has 0 saturated heterocycles. The van der Waals surface area contributed by atoms with Crippen molar-refractivity contribution in [2.24, 2.45) is 0 Å². The lowest BCUT2D eigenvalue weighted by Crippen LogP contribution is -2.38. The minimum atomic E-state index is 0.198. The van der Waals surface area contributed by atoms with E-state index in [0.717, 1.165) is 39.1 Å². The molecule has 110 valence electrons. The SMILES string of the molecule is CCC(COCCC(CO)N(C)C)N(CC)CC. The molecule has 0 fully saturated rings. The Morgan fingerprint density at radius 1 is 1.06 bits per heavy atom. The average Bonchev–Trinajstić information content (AvgIpc) is 2.37. The summed E-state index contributed by atoms with van der Waals surface area (Å²) in [6.45, 7) is 10.5. The molecule has 0 aromatic carbocycles. The Balaban J connectivity index is 3.86. The predicted octanol–water partition coefficient (Wildman–Crippen LogP) is 1.44. The molecule has 0 saturated carbocycles. The minimum Gasteiger partial charge on any atom is -0.395 e. The highest BCUT2D eigenvalue weighted by molar-refractivity contribution is 4.68. The largest absolute Gasteiger partial charge is 0.395 e. The van der Waals surface area contributed by atoms with E-state index in [9.17, 15) is 5.11 Å². The summed E-state index contributed by atoms with van der Waals surface area (Å²) in [4.78, 5) is 4.49. The zero-order valence-electron chi connectivity index (χ0n) is 12.9. The smallest absolute Gasteiger partial charge is 0.0621 e. The fourth-order valence-corrected chi connectivity index (χ4v) is 2.17. The van der Waals surface area contributed by atoms with Crippen LogP contribution in [0.4, 0.5) is 0 Å². The van der Waals surface area contributed by atoms with Crippen LogP contribution >= 0.6 is 0 Å². The third-order valence-corrected chi connectivity index (χ3v) is 3.65. The Morgan fingerprint density at radius 2 is 1.67 bits per heavy atom. The van der Waals surface area contributed by atoms with Crippen molar-refractivity contribution in [1.29, 1.82) is 0 Å². The molecule has 0 aliphatic carbocycles. The molecule has 0 spiro atoms. The van der Waals surface area contributed by atoms with E-state index < -0.39 is 0 Å². The van der Waals surface area contributed by atoms with Crippen LogP contribution in [0.5, 0.6) is 0 Å². The summed E-state index contributed by atoms with van der Waals surface area (Å²) in [5.41, 5.74) is 0. The van der Waals surface area contributed by atoms with Gasteiger partial charge in [0.25, 0.3) is 0 Å². The highest BCUT2D eigenvalue weighted by Crippen LogP contribution is 2.06. The summed E-state index contributed by atoms with van der Waals surface area (Å²) in [5.74, 6) is 0. The number of rotatable bonds is 11. The van der Waals surface area contributed by atoms with E-state index >= 15 is 0 Å². The van der Waals surface area contributed by atoms with E-state index in [0.29, 0.717) is 6.04 Å². The van der Waals surface area contributed by atoms with Crippen LogP contribution in [0.2, 0.25) is 0 Å². The zero-order chi connectivity index (χ0) is 14.0. The van der Waals surface area contributed by atoms with Gasteiger partial charge in [-0.1, -0.05) is 20.8 Å². The Hall–Kier alpha value is -0.160. The maximum absolute atomic E-state index is 9.21. The van der Waals surface area contributed by atoms with Gasteiger partial charge in [0, 0.05) is 18.7 Å². The Labute approximate surface area is 113 Å². The highest BCUT2D eigenvalue weighted by atomic mass is 16.5. The summed E-state index contributed by atoms with van der Waals surface area (Å²) >= 11 is 0. The fraction of sp³-hybridized carbons (Fsp3) is 1.00. The number of aliphatic hydroxyl groups excluding tert-OH is 1. The first-order chi connectivity index (χ1) is 8.60. The molecule has 0 radical (unpaired) electrons. The molecule has 4 nitrogen and oxygen atoms in total. The second kappa shape index (κ2) is 10.7. The van der Waals surface area contributed by atoms with Crippen molar-refractivity contribution < 1.29 is 9.84 Å². The fourth-order valence-electron chi connectivity index (χ4n) is 2.17. The second-order valence-electron chi connectivity index (χ2n) is 4.95. The van der Waals surface area contributed by atoms with Crippen molar-refractivity contribution in [3.63, 3.8) is 0 Å². The third kappa shape index (κ3) is 6.69. The Morgan fingerprint density at radius 3 is 2.06 bits per heavy atom. The summed E-state index contributed by atoms with van der Waals surface area (Å²) in [6, 6.07) is 0.727. The molecular formula is C14H32N2O2. The molecule has 0 aliphatic rings. The van der Waals surface area contributed by atoms with Crippen molar-refractivity contribution in [3.05, 3.63) is 0 Å². The number of hydrogen-bond donors (Lipinski definition) is 1. The molecule has 2 unspecified atom stereocenters. The van der Waals surface area contributed by atoms with Crippen LogP contribution in [0.1, 0.15) is 33.6 Å². The maximum Gasteiger partial charge on any atom is 0.0621 e. The molecule has 2 atom stereocenters. The van der Waals surface area contributed by atoms with Gasteiger partial charge >= 0.3 is 0 Å². The number of aliphatic hydroxyl groups is 1. The summed E-state index contributed by atoms with van der Waals surface area (Å²) in [6.07, 6.45) is 2.01. The van der Waals surface area contributed by atoms with Crippen molar-refractivity contribution in [1.82, 2.24) is 9.80 Å². The summed E-state index contributed by atoms with van der Waals surface area (Å²) in [7, 11) is 3.98. The van der Waals surface area contributed by atoms with Gasteiger partial charge in [-0.25, -0.2) is 0 Å². The van der Waals surface area contributed by atoms with E-state index in [1.54, 1.807) is 0 Å². The van der Waals surface area contributed by atoms with Crippen molar-refractivity contribution in [2.45, 2.75) is 45.7 Å². The minimum absolute atomic E-state index is 0.198. The number of nitrogens with zero attached hydrogens (tertiary/aromatic N) is 2. The first-order valence-corrected chi connectivity index (χ1v) is 7.19. The van der Waals surface area contributed by atoms with Gasteiger partial charge in [-0.2, -0.15) is 0 Å². The molecule has 0 aromatic rings. The topological polar surface area (TPSA) is 35.9 Å². The van der Waals surface area contributed by atoms with Crippen LogP contribution in [-0.2, 0) is 4.74 Å². The van der Waals surface area contributed by atoms with Gasteiger partial charge in [0.2, 0.25) is 0 Å². The van der Waals surface area contributed by atoms with Crippen LogP contribution < -0.4 is 0 Å². The molecule has 0 amide bonds. The Bertz CT molecular complexity index is 185. The molecule has 0 aliphatic heterocycles. The monoisotopic (exact) mass is 260 g/mol. The molecule has 0 aromatic heterocycles. The summed E-state index contributed by atoms with van der Waals surface area (Å²) < 4.78 is 5.77. The highest BCUT2D eigenvalue weighted by Gasteiger charge is 2.14. The van der Waals surface area contributed by atoms with Crippen LogP contribution in [0.25, 0.3) is 0 Å². The van der Waals surface area contributed by atoms with E-state index in [4.69, 9.17) is 4.74 Å². The second-order valence-corrected chi connectivity index (χ2v) is 4.95. The van der Waals surface area contributed by atoms with Gasteiger partial charge < -0.3 is 14.7 Å².